The molecule has 2 heterocycles. The number of hydrogen-bond acceptors (Lipinski definition) is 10. The molecule has 70 heavy (non-hydrogen) atoms. The van der Waals surface area contributed by atoms with Crippen molar-refractivity contribution in [2.45, 2.75) is 90.9 Å². The van der Waals surface area contributed by atoms with Gasteiger partial charge in [-0.2, -0.15) is 0 Å². The molecule has 4 aromatic rings. The minimum atomic E-state index is -1.30. The predicted octanol–water partition coefficient (Wildman–Crippen LogP) is 9.40. The molecule has 0 aromatic heterocycles. The van der Waals surface area contributed by atoms with Crippen molar-refractivity contribution >= 4 is 47.6 Å². The van der Waals surface area contributed by atoms with Crippen molar-refractivity contribution in [3.8, 4) is 22.3 Å². The number of halogens is 4. The largest absolute Gasteiger partial charge is 0.478 e. The number of anilines is 2. The highest BCUT2D eigenvalue weighted by molar-refractivity contribution is 5.96. The molecule has 20 heteroatoms. The summed E-state index contributed by atoms with van der Waals surface area (Å²) in [6.07, 6.45) is -4.70. The van der Waals surface area contributed by atoms with Gasteiger partial charge in [0.25, 0.3) is 5.91 Å². The quantitative estimate of drug-likeness (QED) is 0.0801. The number of benzene rings is 4. The van der Waals surface area contributed by atoms with Crippen molar-refractivity contribution in [3.05, 3.63) is 108 Å². The summed E-state index contributed by atoms with van der Waals surface area (Å²) in [5.74, 6) is -3.20. The van der Waals surface area contributed by atoms with Gasteiger partial charge in [-0.1, -0.05) is 48.5 Å². The predicted molar refractivity (Wildman–Crippen MR) is 250 cm³/mol. The standard InChI is InChI=1S/C25H29F2N3O5.C25H28F2N2O6/c1-25(2,3)35-23(32)29(12-4-11-26)14-16-5-7-17(8-6-16)19-10-9-18(13-20(19)27)30-15-21(22(28)31)34-24(30)33;1-25(2,3)35-23(32)28(12-4-11-26)14-16-5-7-17(8-6-16)19-10-9-18(13-20(19)27)29-15-21(22(30)31)34-24(29)33/h5-10,13,21H,4,11-12,14-15H2,1-3H3,(H2,28,31);5-10,13,21H,4,11-12,14-15H2,1-3H3,(H,30,31)/t2*21-/m11/s1. The van der Waals surface area contributed by atoms with Gasteiger partial charge in [0, 0.05) is 37.3 Å². The fourth-order valence-electron chi connectivity index (χ4n) is 7.08. The molecule has 4 aromatic carbocycles. The molecule has 2 saturated heterocycles. The van der Waals surface area contributed by atoms with Gasteiger partial charge in [0.2, 0.25) is 6.10 Å². The Morgan fingerprint density at radius 3 is 1.31 bits per heavy atom. The van der Waals surface area contributed by atoms with Crippen molar-refractivity contribution in [1.29, 1.82) is 0 Å². The topological polar surface area (TPSA) is 199 Å². The molecule has 0 spiro atoms. The van der Waals surface area contributed by atoms with E-state index in [4.69, 9.17) is 29.8 Å². The van der Waals surface area contributed by atoms with Gasteiger partial charge in [0.15, 0.2) is 6.10 Å². The van der Waals surface area contributed by atoms with E-state index in [0.29, 0.717) is 16.7 Å². The van der Waals surface area contributed by atoms with E-state index in [9.17, 15) is 46.3 Å². The zero-order valence-electron chi connectivity index (χ0n) is 39.7. The Labute approximate surface area is 402 Å². The zero-order chi connectivity index (χ0) is 51.5. The van der Waals surface area contributed by atoms with Crippen molar-refractivity contribution in [3.63, 3.8) is 0 Å². The fraction of sp³-hybridized carbons (Fsp3) is 0.400. The number of alkyl halides is 2. The summed E-state index contributed by atoms with van der Waals surface area (Å²) in [6, 6.07) is 22.2. The van der Waals surface area contributed by atoms with Gasteiger partial charge >= 0.3 is 30.3 Å². The SMILES string of the molecule is CC(C)(C)OC(=O)N(CCCF)Cc1ccc(-c2ccc(N3C[C@H](C(=O)O)OC3=O)cc2F)cc1.CC(C)(C)OC(=O)N(CCCF)Cc1ccc(-c2ccc(N3C[C@H](C(N)=O)OC3=O)cc2F)cc1. The Morgan fingerprint density at radius 2 is 1.01 bits per heavy atom. The van der Waals surface area contributed by atoms with Crippen molar-refractivity contribution < 1.29 is 70.4 Å². The first-order chi connectivity index (χ1) is 33.0. The van der Waals surface area contributed by atoms with Crippen LogP contribution in [0.4, 0.5) is 48.1 Å². The lowest BCUT2D eigenvalue weighted by atomic mass is 10.0. The molecule has 6 rings (SSSR count). The number of ether oxygens (including phenoxy) is 4. The van der Waals surface area contributed by atoms with E-state index in [-0.39, 0.29) is 69.0 Å². The van der Waals surface area contributed by atoms with Crippen molar-refractivity contribution in [2.24, 2.45) is 5.73 Å². The van der Waals surface area contributed by atoms with Crippen LogP contribution in [0.3, 0.4) is 0 Å². The number of carbonyl (C=O) groups is 6. The fourth-order valence-corrected chi connectivity index (χ4v) is 7.08. The van der Waals surface area contributed by atoms with Crippen LogP contribution in [0.1, 0.15) is 65.5 Å². The number of carbonyl (C=O) groups excluding carboxylic acids is 5. The summed E-state index contributed by atoms with van der Waals surface area (Å²) in [7, 11) is 0. The van der Waals surface area contributed by atoms with Crippen LogP contribution in [0.2, 0.25) is 0 Å². The molecular weight excluding hydrogens is 923 g/mol. The molecule has 376 valence electrons. The normalized spacial score (nSPS) is 15.6. The van der Waals surface area contributed by atoms with Gasteiger partial charge in [-0.15, -0.1) is 0 Å². The van der Waals surface area contributed by atoms with Crippen LogP contribution in [0.5, 0.6) is 0 Å². The van der Waals surface area contributed by atoms with E-state index < -0.39 is 84.6 Å². The number of aliphatic carboxylic acids is 1. The third-order valence-electron chi connectivity index (χ3n) is 10.4. The zero-order valence-corrected chi connectivity index (χ0v) is 39.7. The molecule has 3 N–H and O–H groups in total. The molecule has 2 fully saturated rings. The highest BCUT2D eigenvalue weighted by Crippen LogP contribution is 2.32. The van der Waals surface area contributed by atoms with Gasteiger partial charge in [-0.3, -0.25) is 23.4 Å². The minimum Gasteiger partial charge on any atom is -0.478 e. The molecule has 0 unspecified atom stereocenters. The van der Waals surface area contributed by atoms with Gasteiger partial charge < -0.3 is 39.6 Å². The summed E-state index contributed by atoms with van der Waals surface area (Å²) in [6.45, 7) is 9.97. The van der Waals surface area contributed by atoms with Crippen LogP contribution in [0.25, 0.3) is 22.3 Å². The smallest absolute Gasteiger partial charge is 0.415 e. The first-order valence-electron chi connectivity index (χ1n) is 22.3. The van der Waals surface area contributed by atoms with Crippen LogP contribution >= 0.6 is 0 Å². The Balaban J connectivity index is 0.000000261. The van der Waals surface area contributed by atoms with E-state index in [1.807, 2.05) is 0 Å². The van der Waals surface area contributed by atoms with Crippen LogP contribution < -0.4 is 15.5 Å². The lowest BCUT2D eigenvalue weighted by Crippen LogP contribution is -2.37. The maximum atomic E-state index is 14.9. The highest BCUT2D eigenvalue weighted by atomic mass is 19.1. The average Bonchev–Trinajstić information content (AvgIpc) is 3.89. The summed E-state index contributed by atoms with van der Waals surface area (Å²) in [4.78, 5) is 76.3. The lowest BCUT2D eigenvalue weighted by Gasteiger charge is -2.27. The number of amides is 5. The number of nitrogens with zero attached hydrogens (tertiary/aromatic N) is 4. The molecular formula is C50H57F4N5O11. The van der Waals surface area contributed by atoms with Gasteiger partial charge in [0.1, 0.15) is 22.8 Å². The number of hydrogen-bond donors (Lipinski definition) is 2. The van der Waals surface area contributed by atoms with Crippen molar-refractivity contribution in [2.75, 3.05) is 49.3 Å². The van der Waals surface area contributed by atoms with E-state index in [2.05, 4.69) is 0 Å². The molecule has 2 aliphatic heterocycles. The van der Waals surface area contributed by atoms with E-state index >= 15 is 0 Å². The molecule has 0 radical (unpaired) electrons. The Kier molecular flexibility index (Phi) is 17.8. The average molecular weight is 980 g/mol. The lowest BCUT2D eigenvalue weighted by molar-refractivity contribution is -0.144. The van der Waals surface area contributed by atoms with E-state index in [1.165, 1.54) is 34.1 Å². The molecule has 0 aliphatic carbocycles. The number of carboxylic acid groups (broad SMARTS) is 1. The maximum Gasteiger partial charge on any atom is 0.415 e. The molecule has 16 nitrogen and oxygen atoms in total. The second kappa shape index (κ2) is 23.3. The van der Waals surface area contributed by atoms with Crippen LogP contribution in [-0.4, -0.2) is 114 Å². The maximum absolute atomic E-state index is 14.9. The second-order valence-corrected chi connectivity index (χ2v) is 18.3. The summed E-state index contributed by atoms with van der Waals surface area (Å²) < 4.78 is 75.7. The molecule has 5 amide bonds. The number of cyclic esters (lactones) is 2. The number of carboxylic acids is 1. The summed E-state index contributed by atoms with van der Waals surface area (Å²) in [5.41, 5.74) is 7.53. The monoisotopic (exact) mass is 979 g/mol. The van der Waals surface area contributed by atoms with Crippen LogP contribution in [0.15, 0.2) is 84.9 Å². The summed E-state index contributed by atoms with van der Waals surface area (Å²) >= 11 is 0. The summed E-state index contributed by atoms with van der Waals surface area (Å²) in [5, 5.41) is 9.02. The third-order valence-corrected chi connectivity index (χ3v) is 10.4. The third kappa shape index (κ3) is 14.8. The van der Waals surface area contributed by atoms with E-state index in [1.54, 1.807) is 96.1 Å². The molecule has 0 bridgehead atoms. The Morgan fingerprint density at radius 1 is 0.643 bits per heavy atom. The molecule has 2 atom stereocenters. The number of primary amides is 1. The number of nitrogens with two attached hydrogens (primary N) is 1. The number of rotatable bonds is 16. The molecule has 0 saturated carbocycles. The van der Waals surface area contributed by atoms with Gasteiger partial charge in [-0.05, 0) is 113 Å². The first kappa shape index (κ1) is 53.6. The van der Waals surface area contributed by atoms with Gasteiger partial charge in [-0.25, -0.2) is 32.8 Å². The highest BCUT2D eigenvalue weighted by Gasteiger charge is 2.38. The Bertz CT molecular complexity index is 2340. The molecule has 2 aliphatic rings. The van der Waals surface area contributed by atoms with Crippen molar-refractivity contribution in [1.82, 2.24) is 9.80 Å². The minimum absolute atomic E-state index is 0.0851. The Hall–Kier alpha value is -7.38. The second-order valence-electron chi connectivity index (χ2n) is 18.3. The van der Waals surface area contributed by atoms with Crippen LogP contribution in [0, 0.1) is 11.6 Å². The van der Waals surface area contributed by atoms with Gasteiger partial charge in [0.05, 0.1) is 37.8 Å². The van der Waals surface area contributed by atoms with E-state index in [0.717, 1.165) is 27.0 Å². The first-order valence-corrected chi connectivity index (χ1v) is 22.3. The van der Waals surface area contributed by atoms with Crippen LogP contribution in [-0.2, 0) is 41.6 Å².